The number of piperidine rings is 1. The third-order valence-corrected chi connectivity index (χ3v) is 6.96. The Kier molecular flexibility index (Phi) is 8.29. The molecule has 2 aliphatic rings. The number of benzene rings is 2. The van der Waals surface area contributed by atoms with Crippen LogP contribution in [0.3, 0.4) is 0 Å². The van der Waals surface area contributed by atoms with E-state index in [0.717, 1.165) is 43.7 Å². The lowest BCUT2D eigenvalue weighted by atomic mass is 9.87. The molecule has 2 N–H and O–H groups in total. The number of likely N-dealkylation sites (tertiary alicyclic amines) is 2. The van der Waals surface area contributed by atoms with Crippen molar-refractivity contribution in [3.05, 3.63) is 53.6 Å². The smallest absolute Gasteiger partial charge is 0.224 e. The van der Waals surface area contributed by atoms with Gasteiger partial charge in [-0.15, -0.1) is 0 Å². The summed E-state index contributed by atoms with van der Waals surface area (Å²) in [6.07, 6.45) is 3.47. The van der Waals surface area contributed by atoms with Crippen molar-refractivity contribution >= 4 is 5.91 Å². The molecular weight excluding hydrogens is 430 g/mol. The van der Waals surface area contributed by atoms with Crippen LogP contribution in [0.15, 0.2) is 42.5 Å². The Hall–Kier alpha value is -2.77. The fraction of sp³-hybridized carbons (Fsp3) is 0.519. The number of rotatable bonds is 9. The lowest BCUT2D eigenvalue weighted by Crippen LogP contribution is -2.48. The second-order valence-corrected chi connectivity index (χ2v) is 9.57. The molecule has 0 radical (unpaired) electrons. The molecule has 0 unspecified atom stereocenters. The van der Waals surface area contributed by atoms with E-state index in [4.69, 9.17) is 9.47 Å². The number of carbonyl (C=O) groups is 1. The van der Waals surface area contributed by atoms with E-state index in [9.17, 15) is 9.90 Å². The van der Waals surface area contributed by atoms with Gasteiger partial charge in [-0.3, -0.25) is 9.69 Å². The minimum Gasteiger partial charge on any atom is -0.508 e. The van der Waals surface area contributed by atoms with Gasteiger partial charge in [-0.25, -0.2) is 0 Å². The first-order valence-electron chi connectivity index (χ1n) is 12.2. The zero-order valence-electron chi connectivity index (χ0n) is 20.3. The molecule has 7 heteroatoms. The van der Waals surface area contributed by atoms with E-state index in [0.29, 0.717) is 24.0 Å². The topological polar surface area (TPSA) is 74.3 Å². The van der Waals surface area contributed by atoms with E-state index in [1.807, 2.05) is 30.3 Å². The first-order chi connectivity index (χ1) is 16.5. The van der Waals surface area contributed by atoms with Crippen LogP contribution in [0.1, 0.15) is 30.4 Å². The normalized spacial score (nSPS) is 21.4. The van der Waals surface area contributed by atoms with Gasteiger partial charge in [0.2, 0.25) is 5.91 Å². The molecule has 7 nitrogen and oxygen atoms in total. The predicted octanol–water partition coefficient (Wildman–Crippen LogP) is 3.26. The van der Waals surface area contributed by atoms with Crippen molar-refractivity contribution in [2.45, 2.75) is 32.4 Å². The van der Waals surface area contributed by atoms with Crippen molar-refractivity contribution in [3.8, 4) is 17.2 Å². The highest BCUT2D eigenvalue weighted by Crippen LogP contribution is 2.28. The van der Waals surface area contributed by atoms with Gasteiger partial charge in [0.15, 0.2) is 11.5 Å². The number of hydrogen-bond acceptors (Lipinski definition) is 6. The quantitative estimate of drug-likeness (QED) is 0.590. The third-order valence-electron chi connectivity index (χ3n) is 6.96. The molecule has 2 saturated heterocycles. The summed E-state index contributed by atoms with van der Waals surface area (Å²) in [6.45, 7) is 6.40. The summed E-state index contributed by atoms with van der Waals surface area (Å²) in [5.41, 5.74) is 2.14. The number of nitrogens with zero attached hydrogens (tertiary/aromatic N) is 2. The van der Waals surface area contributed by atoms with E-state index < -0.39 is 0 Å². The number of phenolic OH excluding ortho intramolecular Hbond substituents is 1. The van der Waals surface area contributed by atoms with E-state index in [1.165, 1.54) is 25.9 Å². The Morgan fingerprint density at radius 1 is 0.971 bits per heavy atom. The van der Waals surface area contributed by atoms with Crippen LogP contribution in [-0.2, 0) is 17.9 Å². The van der Waals surface area contributed by atoms with Crippen molar-refractivity contribution in [2.24, 2.45) is 11.8 Å². The number of phenols is 1. The van der Waals surface area contributed by atoms with Crippen LogP contribution in [0.2, 0.25) is 0 Å². The largest absolute Gasteiger partial charge is 0.508 e. The highest BCUT2D eigenvalue weighted by molar-refractivity contribution is 5.79. The lowest BCUT2D eigenvalue weighted by molar-refractivity contribution is -0.127. The summed E-state index contributed by atoms with van der Waals surface area (Å²) >= 11 is 0. The molecule has 2 aromatic carbocycles. The van der Waals surface area contributed by atoms with E-state index in [2.05, 4.69) is 15.1 Å². The molecule has 4 rings (SSSR count). The minimum atomic E-state index is -0.0430. The van der Waals surface area contributed by atoms with Gasteiger partial charge in [0.05, 0.1) is 20.1 Å². The summed E-state index contributed by atoms with van der Waals surface area (Å²) < 4.78 is 10.7. The zero-order valence-corrected chi connectivity index (χ0v) is 20.3. The van der Waals surface area contributed by atoms with Gasteiger partial charge in [-0.1, -0.05) is 18.2 Å². The fourth-order valence-corrected chi connectivity index (χ4v) is 5.27. The molecule has 0 spiro atoms. The molecule has 2 heterocycles. The molecule has 34 heavy (non-hydrogen) atoms. The maximum atomic E-state index is 13.2. The van der Waals surface area contributed by atoms with Gasteiger partial charge in [0, 0.05) is 32.7 Å². The highest BCUT2D eigenvalue weighted by Gasteiger charge is 2.33. The highest BCUT2D eigenvalue weighted by atomic mass is 16.5. The monoisotopic (exact) mass is 467 g/mol. The van der Waals surface area contributed by atoms with E-state index in [1.54, 1.807) is 26.4 Å². The zero-order chi connectivity index (χ0) is 23.9. The lowest BCUT2D eigenvalue weighted by Gasteiger charge is -2.38. The summed E-state index contributed by atoms with van der Waals surface area (Å²) in [6, 6.07) is 13.1. The van der Waals surface area contributed by atoms with Crippen LogP contribution >= 0.6 is 0 Å². The van der Waals surface area contributed by atoms with Crippen LogP contribution in [-0.4, -0.2) is 67.8 Å². The molecule has 2 aliphatic heterocycles. The maximum Gasteiger partial charge on any atom is 0.224 e. The first kappa shape index (κ1) is 24.4. The number of ether oxygens (including phenoxy) is 2. The molecular formula is C27H37N3O4. The number of carbonyl (C=O) groups excluding carboxylic acids is 1. The summed E-state index contributed by atoms with van der Waals surface area (Å²) in [5.74, 6) is 2.16. The van der Waals surface area contributed by atoms with Crippen LogP contribution in [0.4, 0.5) is 0 Å². The Bertz CT molecular complexity index is 943. The third kappa shape index (κ3) is 6.42. The Labute approximate surface area is 202 Å². The molecule has 0 aromatic heterocycles. The second kappa shape index (κ2) is 11.6. The first-order valence-corrected chi connectivity index (χ1v) is 12.2. The molecule has 184 valence electrons. The molecule has 0 saturated carbocycles. The van der Waals surface area contributed by atoms with E-state index >= 15 is 0 Å². The van der Waals surface area contributed by atoms with Crippen LogP contribution in [0.5, 0.6) is 17.2 Å². The van der Waals surface area contributed by atoms with Crippen LogP contribution in [0.25, 0.3) is 0 Å². The van der Waals surface area contributed by atoms with Crippen molar-refractivity contribution in [2.75, 3.05) is 46.9 Å². The van der Waals surface area contributed by atoms with Crippen LogP contribution in [0, 0.1) is 11.8 Å². The van der Waals surface area contributed by atoms with Crippen molar-refractivity contribution in [1.82, 2.24) is 15.1 Å². The van der Waals surface area contributed by atoms with Crippen molar-refractivity contribution in [1.29, 1.82) is 0 Å². The average Bonchev–Trinajstić information content (AvgIpc) is 3.36. The SMILES string of the molecule is COc1ccc(CNC(=O)[C@@H]2C[C@H](CN3CCCC3)CN(Cc3ccc(O)cc3)C2)cc1OC. The summed E-state index contributed by atoms with van der Waals surface area (Å²) in [7, 11) is 3.23. The van der Waals surface area contributed by atoms with Crippen molar-refractivity contribution < 1.29 is 19.4 Å². The average molecular weight is 468 g/mol. The van der Waals surface area contributed by atoms with Gasteiger partial charge >= 0.3 is 0 Å². The van der Waals surface area contributed by atoms with Gasteiger partial charge < -0.3 is 24.8 Å². The molecule has 0 aliphatic carbocycles. The Morgan fingerprint density at radius 3 is 2.38 bits per heavy atom. The van der Waals surface area contributed by atoms with Crippen molar-refractivity contribution in [3.63, 3.8) is 0 Å². The Morgan fingerprint density at radius 2 is 1.68 bits per heavy atom. The predicted molar refractivity (Wildman–Crippen MR) is 132 cm³/mol. The maximum absolute atomic E-state index is 13.2. The van der Waals surface area contributed by atoms with Gasteiger partial charge in [0.1, 0.15) is 5.75 Å². The number of aromatic hydroxyl groups is 1. The summed E-state index contributed by atoms with van der Waals surface area (Å²) in [5, 5.41) is 12.8. The van der Waals surface area contributed by atoms with Gasteiger partial charge in [0.25, 0.3) is 0 Å². The van der Waals surface area contributed by atoms with Crippen LogP contribution < -0.4 is 14.8 Å². The van der Waals surface area contributed by atoms with Gasteiger partial charge in [-0.2, -0.15) is 0 Å². The molecule has 2 fully saturated rings. The second-order valence-electron chi connectivity index (χ2n) is 9.57. The minimum absolute atomic E-state index is 0.0430. The molecule has 0 bridgehead atoms. The number of amides is 1. The standard InChI is InChI=1S/C27H37N3O4/c1-33-25-10-7-21(14-26(25)34-2)15-28-27(32)23-13-22(17-29-11-3-4-12-29)18-30(19-23)16-20-5-8-24(31)9-6-20/h5-10,14,22-23,31H,3-4,11-13,15-19H2,1-2H3,(H,28,32)/t22-,23-/m1/s1. The molecule has 2 aromatic rings. The number of nitrogens with one attached hydrogen (secondary N) is 1. The number of methoxy groups -OCH3 is 2. The number of hydrogen-bond donors (Lipinski definition) is 2. The van der Waals surface area contributed by atoms with Gasteiger partial charge in [-0.05, 0) is 73.7 Å². The summed E-state index contributed by atoms with van der Waals surface area (Å²) in [4.78, 5) is 18.2. The Balaban J connectivity index is 1.40. The van der Waals surface area contributed by atoms with E-state index in [-0.39, 0.29) is 17.6 Å². The molecule has 2 atom stereocenters. The fourth-order valence-electron chi connectivity index (χ4n) is 5.27. The molecule has 1 amide bonds.